The van der Waals surface area contributed by atoms with Crippen molar-refractivity contribution in [2.24, 2.45) is 0 Å². The van der Waals surface area contributed by atoms with Crippen LogP contribution >= 0.6 is 0 Å². The van der Waals surface area contributed by atoms with Crippen LogP contribution in [0.25, 0.3) is 0 Å². The van der Waals surface area contributed by atoms with Crippen molar-refractivity contribution in [2.75, 3.05) is 13.2 Å². The van der Waals surface area contributed by atoms with Crippen molar-refractivity contribution in [1.82, 2.24) is 10.3 Å². The van der Waals surface area contributed by atoms with E-state index in [1.54, 1.807) is 6.92 Å². The maximum Gasteiger partial charge on any atom is 0.422 e. The highest BCUT2D eigenvalue weighted by Crippen LogP contribution is 2.16. The Morgan fingerprint density at radius 1 is 1.53 bits per heavy atom. The van der Waals surface area contributed by atoms with Crippen LogP contribution in [0.5, 0.6) is 5.88 Å². The molecule has 1 heterocycles. The molecule has 0 aromatic carbocycles. The largest absolute Gasteiger partial charge is 0.468 e. The summed E-state index contributed by atoms with van der Waals surface area (Å²) in [5.41, 5.74) is 0.166. The van der Waals surface area contributed by atoms with Crippen LogP contribution in [0.4, 0.5) is 13.2 Å². The van der Waals surface area contributed by atoms with Crippen LogP contribution in [0.15, 0.2) is 18.3 Å². The molecule has 1 unspecified atom stereocenters. The fourth-order valence-electron chi connectivity index (χ4n) is 1.11. The molecular formula is C11H13F3N2O3. The van der Waals surface area contributed by atoms with Gasteiger partial charge in [0.25, 0.3) is 5.91 Å². The first-order valence-corrected chi connectivity index (χ1v) is 5.39. The Morgan fingerprint density at radius 3 is 2.68 bits per heavy atom. The van der Waals surface area contributed by atoms with E-state index in [9.17, 15) is 18.0 Å². The summed E-state index contributed by atoms with van der Waals surface area (Å²) in [5, 5.41) is 11.2. The molecule has 0 radical (unpaired) electrons. The zero-order valence-electron chi connectivity index (χ0n) is 10.1. The summed E-state index contributed by atoms with van der Waals surface area (Å²) >= 11 is 0. The fraction of sp³-hybridized carbons (Fsp3) is 0.455. The Labute approximate surface area is 107 Å². The number of amides is 1. The van der Waals surface area contributed by atoms with Crippen LogP contribution in [0.1, 0.15) is 17.3 Å². The molecule has 0 aliphatic carbocycles. The number of halogens is 3. The number of hydrogen-bond acceptors (Lipinski definition) is 4. The van der Waals surface area contributed by atoms with Gasteiger partial charge in [0.2, 0.25) is 5.88 Å². The Bertz CT molecular complexity index is 420. The average Bonchev–Trinajstić information content (AvgIpc) is 2.36. The Morgan fingerprint density at radius 2 is 2.21 bits per heavy atom. The van der Waals surface area contributed by atoms with Crippen molar-refractivity contribution in [1.29, 1.82) is 0 Å². The Hall–Kier alpha value is -1.83. The molecule has 0 spiro atoms. The molecule has 1 aromatic heterocycles. The molecule has 2 N–H and O–H groups in total. The smallest absolute Gasteiger partial charge is 0.422 e. The van der Waals surface area contributed by atoms with Crippen LogP contribution in [0.3, 0.4) is 0 Å². The number of nitrogens with zero attached hydrogens (tertiary/aromatic N) is 1. The average molecular weight is 278 g/mol. The van der Waals surface area contributed by atoms with Crippen LogP contribution < -0.4 is 10.1 Å². The molecule has 0 saturated carbocycles. The monoisotopic (exact) mass is 278 g/mol. The number of aliphatic hydroxyl groups excluding tert-OH is 1. The predicted octanol–water partition coefficient (Wildman–Crippen LogP) is 1.13. The van der Waals surface area contributed by atoms with E-state index in [-0.39, 0.29) is 18.1 Å². The minimum Gasteiger partial charge on any atom is -0.468 e. The zero-order chi connectivity index (χ0) is 14.5. The molecule has 8 heteroatoms. The molecule has 19 heavy (non-hydrogen) atoms. The first kappa shape index (κ1) is 15.2. The van der Waals surface area contributed by atoms with Gasteiger partial charge in [-0.3, -0.25) is 4.79 Å². The van der Waals surface area contributed by atoms with Gasteiger partial charge in [-0.2, -0.15) is 13.2 Å². The number of nitrogens with one attached hydrogen (secondary N) is 1. The van der Waals surface area contributed by atoms with Gasteiger partial charge >= 0.3 is 6.18 Å². The molecule has 0 aliphatic rings. The summed E-state index contributed by atoms with van der Waals surface area (Å²) in [7, 11) is 0. The van der Waals surface area contributed by atoms with E-state index >= 15 is 0 Å². The number of aliphatic hydroxyl groups is 1. The van der Waals surface area contributed by atoms with Crippen molar-refractivity contribution in [2.45, 2.75) is 19.1 Å². The van der Waals surface area contributed by atoms with Crippen molar-refractivity contribution in [3.05, 3.63) is 23.9 Å². The van der Waals surface area contributed by atoms with Gasteiger partial charge in [-0.05, 0) is 13.0 Å². The van der Waals surface area contributed by atoms with E-state index in [2.05, 4.69) is 15.0 Å². The van der Waals surface area contributed by atoms with Crippen molar-refractivity contribution in [3.8, 4) is 5.88 Å². The molecule has 0 fully saturated rings. The number of pyridine rings is 1. The number of rotatable bonds is 5. The number of alkyl halides is 3. The van der Waals surface area contributed by atoms with Crippen molar-refractivity contribution in [3.63, 3.8) is 0 Å². The molecule has 5 nitrogen and oxygen atoms in total. The van der Waals surface area contributed by atoms with Gasteiger partial charge in [-0.25, -0.2) is 4.98 Å². The van der Waals surface area contributed by atoms with Gasteiger partial charge in [0.15, 0.2) is 6.61 Å². The standard InChI is InChI=1S/C11H13F3N2O3/c1-7(5-17)16-10(18)8-2-3-9(15-4-8)19-6-11(12,13)14/h2-4,7,17H,5-6H2,1H3,(H,16,18). The van der Waals surface area contributed by atoms with E-state index < -0.39 is 24.7 Å². The lowest BCUT2D eigenvalue weighted by molar-refractivity contribution is -0.154. The quantitative estimate of drug-likeness (QED) is 0.847. The summed E-state index contributed by atoms with van der Waals surface area (Å²) in [6, 6.07) is 2.04. The first-order valence-electron chi connectivity index (χ1n) is 5.39. The molecule has 1 rings (SSSR count). The third-order valence-corrected chi connectivity index (χ3v) is 2.03. The van der Waals surface area contributed by atoms with Crippen LogP contribution in [0.2, 0.25) is 0 Å². The molecule has 106 valence electrons. The highest BCUT2D eigenvalue weighted by molar-refractivity contribution is 5.94. The highest BCUT2D eigenvalue weighted by Gasteiger charge is 2.28. The minimum atomic E-state index is -4.44. The maximum atomic E-state index is 11.9. The van der Waals surface area contributed by atoms with Crippen LogP contribution in [0, 0.1) is 0 Å². The normalized spacial score (nSPS) is 12.9. The van der Waals surface area contributed by atoms with Crippen LogP contribution in [-0.2, 0) is 0 Å². The third kappa shape index (κ3) is 5.56. The van der Waals surface area contributed by atoms with E-state index in [1.807, 2.05) is 0 Å². The Balaban J connectivity index is 2.58. The van der Waals surface area contributed by atoms with Gasteiger partial charge in [0, 0.05) is 18.3 Å². The van der Waals surface area contributed by atoms with Gasteiger partial charge in [0.05, 0.1) is 12.2 Å². The van der Waals surface area contributed by atoms with Crippen molar-refractivity contribution < 1.29 is 27.8 Å². The van der Waals surface area contributed by atoms with Crippen molar-refractivity contribution >= 4 is 5.91 Å². The molecular weight excluding hydrogens is 265 g/mol. The molecule has 0 bridgehead atoms. The van der Waals surface area contributed by atoms with Gasteiger partial charge < -0.3 is 15.2 Å². The highest BCUT2D eigenvalue weighted by atomic mass is 19.4. The van der Waals surface area contributed by atoms with E-state index in [0.29, 0.717) is 0 Å². The first-order chi connectivity index (χ1) is 8.81. The molecule has 1 amide bonds. The van der Waals surface area contributed by atoms with E-state index in [4.69, 9.17) is 5.11 Å². The summed E-state index contributed by atoms with van der Waals surface area (Å²) < 4.78 is 40.1. The number of carbonyl (C=O) groups excluding carboxylic acids is 1. The minimum absolute atomic E-state index is 0.166. The van der Waals surface area contributed by atoms with E-state index in [1.165, 1.54) is 12.1 Å². The lowest BCUT2D eigenvalue weighted by Gasteiger charge is -2.11. The fourth-order valence-corrected chi connectivity index (χ4v) is 1.11. The second-order valence-corrected chi connectivity index (χ2v) is 3.85. The summed E-state index contributed by atoms with van der Waals surface area (Å²) in [4.78, 5) is 15.1. The van der Waals surface area contributed by atoms with Crippen LogP contribution in [-0.4, -0.2) is 41.4 Å². The second kappa shape index (κ2) is 6.37. The predicted molar refractivity (Wildman–Crippen MR) is 59.8 cm³/mol. The third-order valence-electron chi connectivity index (χ3n) is 2.03. The number of aromatic nitrogens is 1. The van der Waals surface area contributed by atoms with Gasteiger partial charge in [0.1, 0.15) is 0 Å². The summed E-state index contributed by atoms with van der Waals surface area (Å²) in [6.07, 6.45) is -3.33. The number of hydrogen-bond donors (Lipinski definition) is 2. The summed E-state index contributed by atoms with van der Waals surface area (Å²) in [5.74, 6) is -0.694. The number of ether oxygens (including phenoxy) is 1. The lowest BCUT2D eigenvalue weighted by atomic mass is 10.2. The second-order valence-electron chi connectivity index (χ2n) is 3.85. The topological polar surface area (TPSA) is 71.5 Å². The van der Waals surface area contributed by atoms with E-state index in [0.717, 1.165) is 6.20 Å². The molecule has 0 saturated heterocycles. The Kier molecular flexibility index (Phi) is 5.11. The molecule has 1 aromatic rings. The lowest BCUT2D eigenvalue weighted by Crippen LogP contribution is -2.35. The van der Waals surface area contributed by atoms with Gasteiger partial charge in [-0.15, -0.1) is 0 Å². The molecule has 0 aliphatic heterocycles. The summed E-state index contributed by atoms with van der Waals surface area (Å²) in [6.45, 7) is -0.0504. The number of carbonyl (C=O) groups is 1. The molecule has 1 atom stereocenters. The zero-order valence-corrected chi connectivity index (χ0v) is 10.1. The van der Waals surface area contributed by atoms with Gasteiger partial charge in [-0.1, -0.05) is 0 Å². The SMILES string of the molecule is CC(CO)NC(=O)c1ccc(OCC(F)(F)F)nc1. The maximum absolute atomic E-state index is 11.9.